The third kappa shape index (κ3) is 7.31. The highest BCUT2D eigenvalue weighted by molar-refractivity contribution is 5.79. The van der Waals surface area contributed by atoms with Crippen LogP contribution in [0.2, 0.25) is 0 Å². The van der Waals surface area contributed by atoms with Crippen molar-refractivity contribution < 1.29 is 22.7 Å². The van der Waals surface area contributed by atoms with E-state index >= 15 is 0 Å². The van der Waals surface area contributed by atoms with Crippen LogP contribution in [0.25, 0.3) is 0 Å². The Morgan fingerprint density at radius 3 is 2.15 bits per heavy atom. The molecule has 3 aromatic carbocycles. The number of nitrogens with zero attached hydrogens (tertiary/aromatic N) is 2. The van der Waals surface area contributed by atoms with Gasteiger partial charge in [-0.3, -0.25) is 0 Å². The first-order valence-corrected chi connectivity index (χ1v) is 10.5. The lowest BCUT2D eigenvalue weighted by molar-refractivity contribution is -0.137. The number of benzene rings is 3. The average molecular weight is 467 g/mol. The predicted molar refractivity (Wildman–Crippen MR) is 128 cm³/mol. The van der Waals surface area contributed by atoms with Gasteiger partial charge in [-0.25, -0.2) is 0 Å². The molecule has 0 saturated heterocycles. The molecule has 3 aromatic rings. The molecule has 0 aliphatic rings. The summed E-state index contributed by atoms with van der Waals surface area (Å²) in [4.78, 5) is 7.62. The second-order valence-corrected chi connectivity index (χ2v) is 7.71. The van der Waals surface area contributed by atoms with E-state index in [4.69, 9.17) is 9.57 Å². The number of halogens is 3. The van der Waals surface area contributed by atoms with Gasteiger partial charge in [0.2, 0.25) is 0 Å². The zero-order valence-corrected chi connectivity index (χ0v) is 19.1. The molecule has 0 amide bonds. The highest BCUT2D eigenvalue weighted by Gasteiger charge is 2.30. The summed E-state index contributed by atoms with van der Waals surface area (Å²) in [5.41, 5.74) is 2.63. The molecule has 0 fully saturated rings. The molecular formula is C27H25F3N2O2. The van der Waals surface area contributed by atoms with Crippen molar-refractivity contribution in [1.29, 1.82) is 0 Å². The minimum absolute atomic E-state index is 0.276. The van der Waals surface area contributed by atoms with E-state index < -0.39 is 17.8 Å². The van der Waals surface area contributed by atoms with Gasteiger partial charge < -0.3 is 14.5 Å². The molecular weight excluding hydrogens is 441 g/mol. The maximum Gasteiger partial charge on any atom is 0.416 e. The normalized spacial score (nSPS) is 12.1. The van der Waals surface area contributed by atoms with Crippen LogP contribution in [0.5, 0.6) is 5.75 Å². The Labute approximate surface area is 197 Å². The average Bonchev–Trinajstić information content (AvgIpc) is 2.83. The van der Waals surface area contributed by atoms with Crippen LogP contribution >= 0.6 is 0 Å². The van der Waals surface area contributed by atoms with Crippen molar-refractivity contribution in [3.8, 4) is 17.6 Å². The quantitative estimate of drug-likeness (QED) is 0.251. The number of alkyl halides is 3. The zero-order valence-electron chi connectivity index (χ0n) is 19.1. The Bertz CT molecular complexity index is 1140. The molecule has 0 saturated carbocycles. The Morgan fingerprint density at radius 2 is 1.59 bits per heavy atom. The second-order valence-electron chi connectivity index (χ2n) is 7.71. The van der Waals surface area contributed by atoms with Gasteiger partial charge >= 0.3 is 6.18 Å². The number of hydrogen-bond donors (Lipinski definition) is 0. The molecule has 1 unspecified atom stereocenters. The number of rotatable bonds is 7. The summed E-state index contributed by atoms with van der Waals surface area (Å²) in [6.07, 6.45) is -3.18. The Kier molecular flexibility index (Phi) is 8.20. The van der Waals surface area contributed by atoms with Gasteiger partial charge in [-0.2, -0.15) is 13.2 Å². The number of oxime groups is 1. The molecule has 34 heavy (non-hydrogen) atoms. The van der Waals surface area contributed by atoms with Gasteiger partial charge in [0.1, 0.15) is 5.75 Å². The van der Waals surface area contributed by atoms with E-state index in [1.54, 1.807) is 25.5 Å². The van der Waals surface area contributed by atoms with E-state index in [2.05, 4.69) is 17.0 Å². The molecule has 1 atom stereocenters. The van der Waals surface area contributed by atoms with Gasteiger partial charge in [-0.1, -0.05) is 41.3 Å². The van der Waals surface area contributed by atoms with Crippen molar-refractivity contribution in [2.75, 3.05) is 26.1 Å². The summed E-state index contributed by atoms with van der Waals surface area (Å²) in [7, 11) is 5.50. The minimum Gasteiger partial charge on any atom is -0.497 e. The number of hydrogen-bond acceptors (Lipinski definition) is 4. The van der Waals surface area contributed by atoms with Gasteiger partial charge in [0.05, 0.1) is 18.9 Å². The highest BCUT2D eigenvalue weighted by atomic mass is 19.4. The standard InChI is InChI=1S/C27H25F3N2O2/c1-32(2)24-13-6-22(7-14-24)19-31-34-26(17-10-20-8-15-25(33-3)16-9-20)18-21-4-11-23(12-5-21)27(28,29)30/h4-9,11-16,19,26H,18H2,1-3H3/b31-19+. The van der Waals surface area contributed by atoms with E-state index in [1.807, 2.05) is 55.4 Å². The minimum atomic E-state index is -4.38. The maximum absolute atomic E-state index is 12.9. The van der Waals surface area contributed by atoms with Crippen molar-refractivity contribution in [3.63, 3.8) is 0 Å². The fourth-order valence-electron chi connectivity index (χ4n) is 3.02. The van der Waals surface area contributed by atoms with E-state index in [0.29, 0.717) is 11.3 Å². The molecule has 0 aromatic heterocycles. The predicted octanol–water partition coefficient (Wildman–Crippen LogP) is 5.79. The van der Waals surface area contributed by atoms with Crippen LogP contribution in [0.1, 0.15) is 22.3 Å². The molecule has 0 N–H and O–H groups in total. The first-order chi connectivity index (χ1) is 16.2. The summed E-state index contributed by atoms with van der Waals surface area (Å²) in [5, 5.41) is 4.07. The number of anilines is 1. The van der Waals surface area contributed by atoms with Gasteiger partial charge in [-0.15, -0.1) is 0 Å². The highest BCUT2D eigenvalue weighted by Crippen LogP contribution is 2.29. The van der Waals surface area contributed by atoms with E-state index in [1.165, 1.54) is 12.1 Å². The largest absolute Gasteiger partial charge is 0.497 e. The number of ether oxygens (including phenoxy) is 1. The third-order valence-electron chi connectivity index (χ3n) is 4.97. The molecule has 0 bridgehead atoms. The van der Waals surface area contributed by atoms with Crippen molar-refractivity contribution >= 4 is 11.9 Å². The molecule has 176 valence electrons. The van der Waals surface area contributed by atoms with E-state index in [-0.39, 0.29) is 6.42 Å². The zero-order chi connectivity index (χ0) is 24.6. The fourth-order valence-corrected chi connectivity index (χ4v) is 3.02. The van der Waals surface area contributed by atoms with Gasteiger partial charge in [-0.05, 0) is 59.7 Å². The van der Waals surface area contributed by atoms with Gasteiger partial charge in [0, 0.05) is 31.8 Å². The first-order valence-electron chi connectivity index (χ1n) is 10.5. The van der Waals surface area contributed by atoms with Gasteiger partial charge in [0.15, 0.2) is 6.10 Å². The van der Waals surface area contributed by atoms with Gasteiger partial charge in [0.25, 0.3) is 0 Å². The molecule has 3 rings (SSSR count). The monoisotopic (exact) mass is 466 g/mol. The summed E-state index contributed by atoms with van der Waals surface area (Å²) >= 11 is 0. The van der Waals surface area contributed by atoms with E-state index in [9.17, 15) is 13.2 Å². The van der Waals surface area contributed by atoms with Crippen LogP contribution in [0, 0.1) is 11.8 Å². The molecule has 0 aliphatic heterocycles. The van der Waals surface area contributed by atoms with Crippen LogP contribution < -0.4 is 9.64 Å². The smallest absolute Gasteiger partial charge is 0.416 e. The maximum atomic E-state index is 12.9. The van der Waals surface area contributed by atoms with Crippen LogP contribution in [-0.4, -0.2) is 33.5 Å². The van der Waals surface area contributed by atoms with Crippen LogP contribution in [-0.2, 0) is 17.4 Å². The Hall–Kier alpha value is -3.92. The molecule has 7 heteroatoms. The Balaban J connectivity index is 1.76. The van der Waals surface area contributed by atoms with Crippen molar-refractivity contribution in [2.24, 2.45) is 5.16 Å². The van der Waals surface area contributed by atoms with E-state index in [0.717, 1.165) is 28.9 Å². The Morgan fingerprint density at radius 1 is 0.941 bits per heavy atom. The third-order valence-corrected chi connectivity index (χ3v) is 4.97. The van der Waals surface area contributed by atoms with Crippen molar-refractivity contribution in [3.05, 3.63) is 95.1 Å². The van der Waals surface area contributed by atoms with Crippen LogP contribution in [0.3, 0.4) is 0 Å². The second kappa shape index (κ2) is 11.3. The van der Waals surface area contributed by atoms with Crippen LogP contribution in [0.15, 0.2) is 78.0 Å². The SMILES string of the molecule is COc1ccc(C#CC(Cc2ccc(C(F)(F)F)cc2)O/N=C/c2ccc(N(C)C)cc2)cc1. The molecule has 4 nitrogen and oxygen atoms in total. The van der Waals surface area contributed by atoms with Crippen molar-refractivity contribution in [2.45, 2.75) is 18.7 Å². The molecule has 0 aliphatic carbocycles. The summed E-state index contributed by atoms with van der Waals surface area (Å²) < 4.78 is 43.7. The van der Waals surface area contributed by atoms with Crippen molar-refractivity contribution in [1.82, 2.24) is 0 Å². The lowest BCUT2D eigenvalue weighted by Crippen LogP contribution is -2.12. The lowest BCUT2D eigenvalue weighted by atomic mass is 10.1. The number of methoxy groups -OCH3 is 1. The molecule has 0 spiro atoms. The molecule has 0 heterocycles. The topological polar surface area (TPSA) is 34.1 Å². The molecule has 0 radical (unpaired) electrons. The lowest BCUT2D eigenvalue weighted by Gasteiger charge is -2.12. The fraction of sp³-hybridized carbons (Fsp3) is 0.222. The first kappa shape index (κ1) is 24.7. The summed E-state index contributed by atoms with van der Waals surface area (Å²) in [5.74, 6) is 6.77. The summed E-state index contributed by atoms with van der Waals surface area (Å²) in [6, 6.07) is 19.9. The summed E-state index contributed by atoms with van der Waals surface area (Å²) in [6.45, 7) is 0. The van der Waals surface area contributed by atoms with Crippen LogP contribution in [0.4, 0.5) is 18.9 Å².